The van der Waals surface area contributed by atoms with E-state index in [0.29, 0.717) is 17.2 Å². The van der Waals surface area contributed by atoms with E-state index in [-0.39, 0.29) is 0 Å². The van der Waals surface area contributed by atoms with Crippen molar-refractivity contribution in [2.45, 2.75) is 0 Å². The lowest BCUT2D eigenvalue weighted by Crippen LogP contribution is -2.39. The van der Waals surface area contributed by atoms with Crippen molar-refractivity contribution < 1.29 is 17.9 Å². The third kappa shape index (κ3) is 5.66. The summed E-state index contributed by atoms with van der Waals surface area (Å²) in [5, 5.41) is 8.28. The molecule has 0 aliphatic carbocycles. The van der Waals surface area contributed by atoms with Crippen LogP contribution in [0.2, 0.25) is 0 Å². The van der Waals surface area contributed by atoms with Crippen molar-refractivity contribution in [3.63, 3.8) is 0 Å². The first-order chi connectivity index (χ1) is 18.4. The third-order valence-corrected chi connectivity index (χ3v) is 7.13. The SMILES string of the molecule is CS(=O)(=O)N(CC(=O)N/N=C\c1c2ccccc2cc2ccccc12)c1ccc(Oc2ccccc2)cc1. The molecule has 5 aromatic rings. The fourth-order valence-electron chi connectivity index (χ4n) is 4.23. The normalized spacial score (nSPS) is 11.6. The quantitative estimate of drug-likeness (QED) is 0.161. The van der Waals surface area contributed by atoms with Crippen LogP contribution < -0.4 is 14.5 Å². The third-order valence-electron chi connectivity index (χ3n) is 5.99. The number of benzene rings is 5. The number of hydrazone groups is 1. The summed E-state index contributed by atoms with van der Waals surface area (Å²) in [6.07, 6.45) is 2.66. The predicted molar refractivity (Wildman–Crippen MR) is 152 cm³/mol. The molecule has 190 valence electrons. The molecule has 0 aliphatic rings. The molecular weight excluding hydrogens is 498 g/mol. The van der Waals surface area contributed by atoms with Crippen LogP contribution in [-0.4, -0.2) is 33.3 Å². The fraction of sp³-hybridized carbons (Fsp3) is 0.0667. The number of nitrogens with zero attached hydrogens (tertiary/aromatic N) is 2. The Morgan fingerprint density at radius 3 is 1.97 bits per heavy atom. The van der Waals surface area contributed by atoms with E-state index in [4.69, 9.17) is 4.74 Å². The molecular formula is C30H25N3O4S. The molecule has 0 saturated carbocycles. The van der Waals surface area contributed by atoms with Gasteiger partial charge in [0.2, 0.25) is 10.0 Å². The summed E-state index contributed by atoms with van der Waals surface area (Å²) in [7, 11) is -3.74. The monoisotopic (exact) mass is 523 g/mol. The lowest BCUT2D eigenvalue weighted by Gasteiger charge is -2.21. The first-order valence-electron chi connectivity index (χ1n) is 11.9. The number of amides is 1. The summed E-state index contributed by atoms with van der Waals surface area (Å²) in [5.74, 6) is 0.641. The van der Waals surface area contributed by atoms with Gasteiger partial charge in [-0.25, -0.2) is 13.8 Å². The minimum Gasteiger partial charge on any atom is -0.457 e. The van der Waals surface area contributed by atoms with Crippen molar-refractivity contribution >= 4 is 49.4 Å². The molecule has 0 unspecified atom stereocenters. The van der Waals surface area contributed by atoms with Crippen molar-refractivity contribution in [2.75, 3.05) is 17.1 Å². The van der Waals surface area contributed by atoms with Crippen LogP contribution in [0, 0.1) is 0 Å². The Hall–Kier alpha value is -4.69. The van der Waals surface area contributed by atoms with Crippen LogP contribution in [0.1, 0.15) is 5.56 Å². The molecule has 38 heavy (non-hydrogen) atoms. The standard InChI is InChI=1S/C30H25N3O4S/c1-38(35,36)33(24-15-17-26(18-16-24)37-25-11-3-2-4-12-25)21-30(34)32-31-20-29-27-13-7-5-9-22(27)19-23-10-6-8-14-28(23)29/h2-20H,21H2,1H3,(H,32,34)/b31-20-. The summed E-state index contributed by atoms with van der Waals surface area (Å²) in [6.45, 7) is -0.425. The maximum absolute atomic E-state index is 12.7. The molecule has 5 rings (SSSR count). The number of hydrogen-bond acceptors (Lipinski definition) is 5. The van der Waals surface area contributed by atoms with E-state index < -0.39 is 22.5 Å². The fourth-order valence-corrected chi connectivity index (χ4v) is 5.08. The van der Waals surface area contributed by atoms with Gasteiger partial charge in [-0.2, -0.15) is 5.10 Å². The minimum absolute atomic E-state index is 0.340. The van der Waals surface area contributed by atoms with Crippen LogP contribution >= 0.6 is 0 Å². The molecule has 0 atom stereocenters. The van der Waals surface area contributed by atoms with Gasteiger partial charge in [0.15, 0.2) is 0 Å². The molecule has 7 nitrogen and oxygen atoms in total. The van der Waals surface area contributed by atoms with E-state index in [0.717, 1.165) is 37.7 Å². The molecule has 0 bridgehead atoms. The van der Waals surface area contributed by atoms with E-state index in [1.165, 1.54) is 0 Å². The number of para-hydroxylation sites is 1. The lowest BCUT2D eigenvalue weighted by molar-refractivity contribution is -0.119. The number of carbonyl (C=O) groups excluding carboxylic acids is 1. The molecule has 0 aromatic heterocycles. The van der Waals surface area contributed by atoms with Gasteiger partial charge in [0.05, 0.1) is 18.2 Å². The number of rotatable bonds is 8. The van der Waals surface area contributed by atoms with Crippen molar-refractivity contribution in [1.29, 1.82) is 0 Å². The van der Waals surface area contributed by atoms with E-state index in [9.17, 15) is 13.2 Å². The van der Waals surface area contributed by atoms with Gasteiger partial charge in [0, 0.05) is 5.56 Å². The molecule has 0 saturated heterocycles. The van der Waals surface area contributed by atoms with Crippen LogP contribution in [0.25, 0.3) is 21.5 Å². The van der Waals surface area contributed by atoms with Gasteiger partial charge in [-0.05, 0) is 64.0 Å². The highest BCUT2D eigenvalue weighted by Crippen LogP contribution is 2.28. The predicted octanol–water partition coefficient (Wildman–Crippen LogP) is 5.70. The van der Waals surface area contributed by atoms with E-state index in [1.54, 1.807) is 30.5 Å². The van der Waals surface area contributed by atoms with E-state index in [1.807, 2.05) is 78.9 Å². The second-order valence-electron chi connectivity index (χ2n) is 8.70. The number of carbonyl (C=O) groups is 1. The van der Waals surface area contributed by atoms with E-state index in [2.05, 4.69) is 16.6 Å². The minimum atomic E-state index is -3.74. The van der Waals surface area contributed by atoms with Crippen molar-refractivity contribution in [1.82, 2.24) is 5.43 Å². The average molecular weight is 524 g/mol. The van der Waals surface area contributed by atoms with Crippen LogP contribution in [0.3, 0.4) is 0 Å². The maximum atomic E-state index is 12.7. The number of fused-ring (bicyclic) bond motifs is 2. The van der Waals surface area contributed by atoms with Crippen molar-refractivity contribution in [3.05, 3.63) is 115 Å². The molecule has 1 amide bonds. The Morgan fingerprint density at radius 2 is 1.37 bits per heavy atom. The first kappa shape index (κ1) is 25.0. The summed E-state index contributed by atoms with van der Waals surface area (Å²) >= 11 is 0. The Labute approximate surface area is 221 Å². The highest BCUT2D eigenvalue weighted by atomic mass is 32.2. The molecule has 0 fully saturated rings. The molecule has 0 aliphatic heterocycles. The van der Waals surface area contributed by atoms with Gasteiger partial charge in [0.1, 0.15) is 18.0 Å². The van der Waals surface area contributed by atoms with Gasteiger partial charge in [-0.3, -0.25) is 9.10 Å². The average Bonchev–Trinajstić information content (AvgIpc) is 2.92. The molecule has 1 N–H and O–H groups in total. The molecule has 0 radical (unpaired) electrons. The Balaban J connectivity index is 1.33. The lowest BCUT2D eigenvalue weighted by atomic mass is 9.97. The highest BCUT2D eigenvalue weighted by molar-refractivity contribution is 7.92. The Morgan fingerprint density at radius 1 is 0.816 bits per heavy atom. The number of anilines is 1. The topological polar surface area (TPSA) is 88.1 Å². The van der Waals surface area contributed by atoms with Crippen LogP contribution in [-0.2, 0) is 14.8 Å². The summed E-state index contributed by atoms with van der Waals surface area (Å²) in [5.41, 5.74) is 3.69. The molecule has 0 spiro atoms. The first-order valence-corrected chi connectivity index (χ1v) is 13.8. The summed E-state index contributed by atoms with van der Waals surface area (Å²) < 4.78 is 31.8. The van der Waals surface area contributed by atoms with Crippen LogP contribution in [0.5, 0.6) is 11.5 Å². The van der Waals surface area contributed by atoms with Gasteiger partial charge in [-0.15, -0.1) is 0 Å². The second-order valence-corrected chi connectivity index (χ2v) is 10.6. The zero-order valence-electron chi connectivity index (χ0n) is 20.6. The Kier molecular flexibility index (Phi) is 7.06. The van der Waals surface area contributed by atoms with Crippen LogP contribution in [0.15, 0.2) is 114 Å². The van der Waals surface area contributed by atoms with Crippen molar-refractivity contribution in [2.24, 2.45) is 5.10 Å². The Bertz CT molecular complexity index is 1680. The summed E-state index contributed by atoms with van der Waals surface area (Å²) in [4.78, 5) is 12.7. The second kappa shape index (κ2) is 10.7. The maximum Gasteiger partial charge on any atom is 0.260 e. The van der Waals surface area contributed by atoms with Gasteiger partial charge in [0.25, 0.3) is 5.91 Å². The largest absolute Gasteiger partial charge is 0.457 e. The molecule has 8 heteroatoms. The number of ether oxygens (including phenoxy) is 1. The molecule has 0 heterocycles. The highest BCUT2D eigenvalue weighted by Gasteiger charge is 2.21. The van der Waals surface area contributed by atoms with Gasteiger partial charge >= 0.3 is 0 Å². The van der Waals surface area contributed by atoms with Gasteiger partial charge < -0.3 is 4.74 Å². The number of sulfonamides is 1. The van der Waals surface area contributed by atoms with Crippen LogP contribution in [0.4, 0.5) is 5.69 Å². The zero-order valence-corrected chi connectivity index (χ0v) is 21.4. The van der Waals surface area contributed by atoms with Crippen molar-refractivity contribution in [3.8, 4) is 11.5 Å². The number of hydrogen-bond donors (Lipinski definition) is 1. The molecule has 5 aromatic carbocycles. The number of nitrogens with one attached hydrogen (secondary N) is 1. The van der Waals surface area contributed by atoms with Gasteiger partial charge in [-0.1, -0.05) is 66.7 Å². The smallest absolute Gasteiger partial charge is 0.260 e. The summed E-state index contributed by atoms with van der Waals surface area (Å²) in [6, 6.07) is 33.8. The van der Waals surface area contributed by atoms with E-state index >= 15 is 0 Å². The zero-order chi connectivity index (χ0) is 26.5.